The zero-order valence-electron chi connectivity index (χ0n) is 12.2. The molecule has 110 valence electrons. The van der Waals surface area contributed by atoms with Crippen LogP contribution in [0.25, 0.3) is 0 Å². The third kappa shape index (κ3) is 4.85. The smallest absolute Gasteiger partial charge is 0.237 e. The highest BCUT2D eigenvalue weighted by Crippen LogP contribution is 2.11. The molecule has 0 spiro atoms. The summed E-state index contributed by atoms with van der Waals surface area (Å²) in [5.74, 6) is 1.01. The molecule has 1 aromatic carbocycles. The van der Waals surface area contributed by atoms with Gasteiger partial charge in [0.25, 0.3) is 0 Å². The summed E-state index contributed by atoms with van der Waals surface area (Å²) in [4.78, 5) is 11.9. The second-order valence-electron chi connectivity index (χ2n) is 5.31. The summed E-state index contributed by atoms with van der Waals surface area (Å²) in [6.45, 7) is 4.30. The summed E-state index contributed by atoms with van der Waals surface area (Å²) in [7, 11) is 0. The topological polar surface area (TPSA) is 50.4 Å². The third-order valence-corrected chi connectivity index (χ3v) is 3.54. The van der Waals surface area contributed by atoms with Crippen LogP contribution in [0.3, 0.4) is 0 Å². The fourth-order valence-corrected chi connectivity index (χ4v) is 2.31. The molecule has 0 saturated carbocycles. The maximum atomic E-state index is 11.9. The average Bonchev–Trinajstić information content (AvgIpc) is 2.49. The maximum Gasteiger partial charge on any atom is 0.237 e. The molecule has 1 heterocycles. The lowest BCUT2D eigenvalue weighted by atomic mass is 10.0. The Labute approximate surface area is 120 Å². The Morgan fingerprint density at radius 3 is 2.85 bits per heavy atom. The molecule has 1 aliphatic rings. The number of aryl methyl sites for hydroxylation is 1. The molecule has 2 N–H and O–H groups in total. The number of hydrogen-bond donors (Lipinski definition) is 2. The van der Waals surface area contributed by atoms with E-state index < -0.39 is 0 Å². The minimum Gasteiger partial charge on any atom is -0.494 e. The van der Waals surface area contributed by atoms with Crippen LogP contribution in [0, 0.1) is 6.92 Å². The van der Waals surface area contributed by atoms with Crippen molar-refractivity contribution in [2.24, 2.45) is 0 Å². The lowest BCUT2D eigenvalue weighted by Crippen LogP contribution is -2.46. The van der Waals surface area contributed by atoms with Gasteiger partial charge < -0.3 is 15.4 Å². The van der Waals surface area contributed by atoms with Crippen molar-refractivity contribution in [3.63, 3.8) is 0 Å². The van der Waals surface area contributed by atoms with E-state index in [1.807, 2.05) is 24.3 Å². The van der Waals surface area contributed by atoms with Crippen molar-refractivity contribution in [2.75, 3.05) is 19.7 Å². The van der Waals surface area contributed by atoms with E-state index in [1.165, 1.54) is 12.0 Å². The van der Waals surface area contributed by atoms with Crippen molar-refractivity contribution >= 4 is 5.91 Å². The van der Waals surface area contributed by atoms with E-state index in [-0.39, 0.29) is 11.9 Å². The van der Waals surface area contributed by atoms with E-state index in [2.05, 4.69) is 17.6 Å². The third-order valence-electron chi connectivity index (χ3n) is 3.54. The van der Waals surface area contributed by atoms with Crippen LogP contribution in [0.2, 0.25) is 0 Å². The van der Waals surface area contributed by atoms with Gasteiger partial charge in [-0.3, -0.25) is 4.79 Å². The minimum absolute atomic E-state index is 0.00164. The normalized spacial score (nSPS) is 18.6. The first-order valence-corrected chi connectivity index (χ1v) is 7.46. The molecular weight excluding hydrogens is 252 g/mol. The molecule has 1 fully saturated rings. The number of nitrogens with one attached hydrogen (secondary N) is 2. The molecule has 1 saturated heterocycles. The SMILES string of the molecule is Cc1ccc(OCCCNC(=O)C2CCCCN2)cc1. The number of amides is 1. The lowest BCUT2D eigenvalue weighted by molar-refractivity contribution is -0.123. The quantitative estimate of drug-likeness (QED) is 0.782. The summed E-state index contributed by atoms with van der Waals surface area (Å²) in [6, 6.07) is 8.01. The largest absolute Gasteiger partial charge is 0.494 e. The Bertz CT molecular complexity index is 411. The monoisotopic (exact) mass is 276 g/mol. The fourth-order valence-electron chi connectivity index (χ4n) is 2.31. The number of piperidine rings is 1. The van der Waals surface area contributed by atoms with E-state index in [0.717, 1.165) is 31.6 Å². The Kier molecular flexibility index (Phi) is 5.87. The van der Waals surface area contributed by atoms with Gasteiger partial charge in [0.15, 0.2) is 0 Å². The molecule has 0 bridgehead atoms. The van der Waals surface area contributed by atoms with Gasteiger partial charge in [-0.05, 0) is 44.9 Å². The predicted octanol–water partition coefficient (Wildman–Crippen LogP) is 2.02. The predicted molar refractivity (Wildman–Crippen MR) is 79.9 cm³/mol. The molecule has 0 aliphatic carbocycles. The summed E-state index contributed by atoms with van der Waals surface area (Å²) in [5.41, 5.74) is 1.23. The fraction of sp³-hybridized carbons (Fsp3) is 0.562. The number of carbonyl (C=O) groups excluding carboxylic acids is 1. The van der Waals surface area contributed by atoms with E-state index in [1.54, 1.807) is 0 Å². The minimum atomic E-state index is 0.00164. The molecule has 2 rings (SSSR count). The molecular formula is C16H24N2O2. The van der Waals surface area contributed by atoms with Gasteiger partial charge in [0.05, 0.1) is 12.6 Å². The van der Waals surface area contributed by atoms with Crippen LogP contribution in [0.15, 0.2) is 24.3 Å². The second kappa shape index (κ2) is 7.90. The molecule has 0 aromatic heterocycles. The highest BCUT2D eigenvalue weighted by molar-refractivity contribution is 5.81. The van der Waals surface area contributed by atoms with Gasteiger partial charge in [-0.15, -0.1) is 0 Å². The van der Waals surface area contributed by atoms with Crippen molar-refractivity contribution in [3.05, 3.63) is 29.8 Å². The zero-order chi connectivity index (χ0) is 14.2. The number of carbonyl (C=O) groups is 1. The van der Waals surface area contributed by atoms with Crippen LogP contribution < -0.4 is 15.4 Å². The van der Waals surface area contributed by atoms with E-state index in [9.17, 15) is 4.79 Å². The van der Waals surface area contributed by atoms with Crippen molar-refractivity contribution in [1.29, 1.82) is 0 Å². The summed E-state index contributed by atoms with van der Waals surface area (Å²) in [6.07, 6.45) is 4.09. The first kappa shape index (κ1) is 14.9. The van der Waals surface area contributed by atoms with Crippen LogP contribution >= 0.6 is 0 Å². The zero-order valence-corrected chi connectivity index (χ0v) is 12.2. The molecule has 1 aliphatic heterocycles. The maximum absolute atomic E-state index is 11.9. The van der Waals surface area contributed by atoms with Crippen molar-refractivity contribution in [3.8, 4) is 5.75 Å². The molecule has 4 heteroatoms. The highest BCUT2D eigenvalue weighted by atomic mass is 16.5. The van der Waals surface area contributed by atoms with Gasteiger partial charge in [-0.25, -0.2) is 0 Å². The van der Waals surface area contributed by atoms with Gasteiger partial charge in [0, 0.05) is 6.54 Å². The number of ether oxygens (including phenoxy) is 1. The Balaban J connectivity index is 1.57. The molecule has 1 atom stereocenters. The number of benzene rings is 1. The number of rotatable bonds is 6. The van der Waals surface area contributed by atoms with Crippen LogP contribution in [-0.4, -0.2) is 31.6 Å². The summed E-state index contributed by atoms with van der Waals surface area (Å²) < 4.78 is 5.62. The summed E-state index contributed by atoms with van der Waals surface area (Å²) in [5, 5.41) is 6.21. The van der Waals surface area contributed by atoms with Crippen LogP contribution in [0.4, 0.5) is 0 Å². The van der Waals surface area contributed by atoms with Gasteiger partial charge in [0.1, 0.15) is 5.75 Å². The van der Waals surface area contributed by atoms with Gasteiger partial charge in [-0.1, -0.05) is 24.1 Å². The van der Waals surface area contributed by atoms with Crippen molar-refractivity contribution in [2.45, 2.75) is 38.6 Å². The van der Waals surface area contributed by atoms with Crippen LogP contribution in [-0.2, 0) is 4.79 Å². The Hall–Kier alpha value is -1.55. The Morgan fingerprint density at radius 1 is 1.35 bits per heavy atom. The molecule has 20 heavy (non-hydrogen) atoms. The van der Waals surface area contributed by atoms with E-state index in [4.69, 9.17) is 4.74 Å². The van der Waals surface area contributed by atoms with Crippen LogP contribution in [0.1, 0.15) is 31.2 Å². The number of hydrogen-bond acceptors (Lipinski definition) is 3. The van der Waals surface area contributed by atoms with Gasteiger partial charge >= 0.3 is 0 Å². The average molecular weight is 276 g/mol. The molecule has 1 aromatic rings. The van der Waals surface area contributed by atoms with Crippen molar-refractivity contribution in [1.82, 2.24) is 10.6 Å². The first-order chi connectivity index (χ1) is 9.75. The van der Waals surface area contributed by atoms with E-state index in [0.29, 0.717) is 13.2 Å². The van der Waals surface area contributed by atoms with E-state index >= 15 is 0 Å². The standard InChI is InChI=1S/C16H24N2O2/c1-13-6-8-14(9-7-13)20-12-4-11-18-16(19)15-5-2-3-10-17-15/h6-9,15,17H,2-5,10-12H2,1H3,(H,18,19). The molecule has 4 nitrogen and oxygen atoms in total. The Morgan fingerprint density at radius 2 is 2.15 bits per heavy atom. The van der Waals surface area contributed by atoms with Crippen molar-refractivity contribution < 1.29 is 9.53 Å². The van der Waals surface area contributed by atoms with Gasteiger partial charge in [0.2, 0.25) is 5.91 Å². The lowest BCUT2D eigenvalue weighted by Gasteiger charge is -2.22. The molecule has 1 amide bonds. The molecule has 0 radical (unpaired) electrons. The second-order valence-corrected chi connectivity index (χ2v) is 5.31. The van der Waals surface area contributed by atoms with Crippen LogP contribution in [0.5, 0.6) is 5.75 Å². The summed E-state index contributed by atoms with van der Waals surface area (Å²) >= 11 is 0. The molecule has 1 unspecified atom stereocenters. The van der Waals surface area contributed by atoms with Gasteiger partial charge in [-0.2, -0.15) is 0 Å². The first-order valence-electron chi connectivity index (χ1n) is 7.46. The highest BCUT2D eigenvalue weighted by Gasteiger charge is 2.19.